The third kappa shape index (κ3) is 3.90. The number of carbonyl (C=O) groups is 1. The lowest BCUT2D eigenvalue weighted by molar-refractivity contribution is -0.122. The van der Waals surface area contributed by atoms with E-state index in [-0.39, 0.29) is 33.5 Å². The molecule has 7 heteroatoms. The minimum Gasteiger partial charge on any atom is -0.397 e. The number of halogens is 2. The Bertz CT molecular complexity index is 528. The molecule has 20 heavy (non-hydrogen) atoms. The molecule has 1 aromatic rings. The van der Waals surface area contributed by atoms with Crippen molar-refractivity contribution in [3.05, 3.63) is 16.9 Å². The molecule has 0 spiro atoms. The average molecular weight is 303 g/mol. The van der Waals surface area contributed by atoms with Crippen LogP contribution < -0.4 is 22.1 Å². The number of carbonyl (C=O) groups excluding carboxylic acids is 1. The van der Waals surface area contributed by atoms with Crippen molar-refractivity contribution in [2.75, 3.05) is 16.8 Å². The molecule has 1 aromatic carbocycles. The smallest absolute Gasteiger partial charge is 0.242 e. The van der Waals surface area contributed by atoms with Gasteiger partial charge in [-0.2, -0.15) is 0 Å². The zero-order valence-corrected chi connectivity index (χ0v) is 12.7. The molecule has 5 nitrogen and oxygen atoms in total. The zero-order chi connectivity index (χ0) is 15.7. The van der Waals surface area contributed by atoms with Gasteiger partial charge in [-0.05, 0) is 33.8 Å². The van der Waals surface area contributed by atoms with Crippen molar-refractivity contribution in [3.8, 4) is 0 Å². The van der Waals surface area contributed by atoms with Crippen molar-refractivity contribution < 1.29 is 9.18 Å². The van der Waals surface area contributed by atoms with Gasteiger partial charge >= 0.3 is 0 Å². The molecule has 0 aromatic heterocycles. The minimum absolute atomic E-state index is 0.0271. The molecule has 6 N–H and O–H groups in total. The highest BCUT2D eigenvalue weighted by Gasteiger charge is 2.22. The molecule has 0 radical (unpaired) electrons. The van der Waals surface area contributed by atoms with Gasteiger partial charge in [0.15, 0.2) is 5.82 Å². The second-order valence-electron chi connectivity index (χ2n) is 5.66. The SMILES string of the molecule is CC(Nc1c(N)cc(N)c(Cl)c1F)C(=O)NC(C)(C)C. The Hall–Kier alpha value is -1.69. The fourth-order valence-electron chi connectivity index (χ4n) is 1.57. The van der Waals surface area contributed by atoms with Gasteiger partial charge in [-0.1, -0.05) is 11.6 Å². The maximum Gasteiger partial charge on any atom is 0.242 e. The van der Waals surface area contributed by atoms with Crippen molar-refractivity contribution in [1.29, 1.82) is 0 Å². The molecule has 1 atom stereocenters. The van der Waals surface area contributed by atoms with E-state index in [0.717, 1.165) is 0 Å². The van der Waals surface area contributed by atoms with Crippen LogP contribution in [0, 0.1) is 5.82 Å². The van der Waals surface area contributed by atoms with Gasteiger partial charge in [0, 0.05) is 5.54 Å². The Morgan fingerprint density at radius 1 is 1.35 bits per heavy atom. The van der Waals surface area contributed by atoms with E-state index in [2.05, 4.69) is 10.6 Å². The molecule has 1 amide bonds. The third-order valence-electron chi connectivity index (χ3n) is 2.52. The molecule has 1 rings (SSSR count). The van der Waals surface area contributed by atoms with Crippen molar-refractivity contribution in [3.63, 3.8) is 0 Å². The van der Waals surface area contributed by atoms with Crippen molar-refractivity contribution in [1.82, 2.24) is 5.32 Å². The number of hydrogen-bond acceptors (Lipinski definition) is 4. The third-order valence-corrected chi connectivity index (χ3v) is 2.90. The number of benzene rings is 1. The first-order valence-electron chi connectivity index (χ1n) is 6.14. The largest absolute Gasteiger partial charge is 0.397 e. The maximum atomic E-state index is 14.0. The van der Waals surface area contributed by atoms with Crippen LogP contribution in [0.5, 0.6) is 0 Å². The Kier molecular flexibility index (Phi) is 4.70. The van der Waals surface area contributed by atoms with E-state index in [9.17, 15) is 9.18 Å². The van der Waals surface area contributed by atoms with Gasteiger partial charge in [0.25, 0.3) is 0 Å². The summed E-state index contributed by atoms with van der Waals surface area (Å²) in [6.07, 6.45) is 0. The van der Waals surface area contributed by atoms with Crippen molar-refractivity contribution in [2.24, 2.45) is 0 Å². The summed E-state index contributed by atoms with van der Waals surface area (Å²) in [6, 6.07) is 0.674. The molecular weight excluding hydrogens is 283 g/mol. The van der Waals surface area contributed by atoms with Crippen LogP contribution in [0.15, 0.2) is 6.07 Å². The highest BCUT2D eigenvalue weighted by molar-refractivity contribution is 6.33. The van der Waals surface area contributed by atoms with Crippen LogP contribution in [0.1, 0.15) is 27.7 Å². The Balaban J connectivity index is 2.94. The number of amides is 1. The summed E-state index contributed by atoms with van der Waals surface area (Å²) in [5, 5.41) is 5.28. The summed E-state index contributed by atoms with van der Waals surface area (Å²) < 4.78 is 14.0. The van der Waals surface area contributed by atoms with Crippen LogP contribution >= 0.6 is 11.6 Å². The molecule has 0 bridgehead atoms. The van der Waals surface area contributed by atoms with E-state index in [4.69, 9.17) is 23.1 Å². The normalized spacial score (nSPS) is 12.9. The summed E-state index contributed by atoms with van der Waals surface area (Å²) in [6.45, 7) is 7.16. The standard InChI is InChI=1S/C13H20ClFN4O/c1-6(12(20)19-13(2,3)4)18-11-8(17)5-7(16)9(14)10(11)15/h5-6,18H,16-17H2,1-4H3,(H,19,20). The number of nitrogens with one attached hydrogen (secondary N) is 2. The van der Waals surface area contributed by atoms with Gasteiger partial charge in [0.05, 0.1) is 17.1 Å². The number of rotatable bonds is 3. The second-order valence-corrected chi connectivity index (χ2v) is 6.04. The van der Waals surface area contributed by atoms with Crippen molar-refractivity contribution >= 4 is 34.6 Å². The van der Waals surface area contributed by atoms with Gasteiger partial charge in [-0.15, -0.1) is 0 Å². The monoisotopic (exact) mass is 302 g/mol. The van der Waals surface area contributed by atoms with E-state index in [0.29, 0.717) is 0 Å². The van der Waals surface area contributed by atoms with Crippen LogP contribution in [-0.2, 0) is 4.79 Å². The first-order valence-corrected chi connectivity index (χ1v) is 6.52. The maximum absolute atomic E-state index is 14.0. The molecule has 0 saturated carbocycles. The Labute approximate surface area is 122 Å². The number of nitrogen functional groups attached to an aromatic ring is 2. The minimum atomic E-state index is -0.764. The number of hydrogen-bond donors (Lipinski definition) is 4. The highest BCUT2D eigenvalue weighted by Crippen LogP contribution is 2.34. The van der Waals surface area contributed by atoms with E-state index < -0.39 is 11.9 Å². The topological polar surface area (TPSA) is 93.2 Å². The zero-order valence-electron chi connectivity index (χ0n) is 12.0. The predicted octanol–water partition coefficient (Wildman–Crippen LogP) is 2.36. The summed E-state index contributed by atoms with van der Waals surface area (Å²) in [5.74, 6) is -1.04. The first kappa shape index (κ1) is 16.4. The van der Waals surface area contributed by atoms with E-state index >= 15 is 0 Å². The van der Waals surface area contributed by atoms with E-state index in [1.807, 2.05) is 20.8 Å². The van der Waals surface area contributed by atoms with E-state index in [1.165, 1.54) is 6.07 Å². The van der Waals surface area contributed by atoms with E-state index in [1.54, 1.807) is 6.92 Å². The Morgan fingerprint density at radius 2 is 1.90 bits per heavy atom. The quantitative estimate of drug-likeness (QED) is 0.645. The van der Waals surface area contributed by atoms with Crippen LogP contribution in [-0.4, -0.2) is 17.5 Å². The van der Waals surface area contributed by atoms with Gasteiger partial charge in [0.1, 0.15) is 11.1 Å². The molecule has 0 fully saturated rings. The van der Waals surface area contributed by atoms with Gasteiger partial charge in [-0.25, -0.2) is 4.39 Å². The van der Waals surface area contributed by atoms with Crippen LogP contribution in [0.2, 0.25) is 5.02 Å². The fraction of sp³-hybridized carbons (Fsp3) is 0.462. The average Bonchev–Trinajstić information content (AvgIpc) is 2.29. The summed E-state index contributed by atoms with van der Waals surface area (Å²) in [5.41, 5.74) is 10.9. The van der Waals surface area contributed by atoms with Gasteiger partial charge < -0.3 is 22.1 Å². The number of anilines is 3. The van der Waals surface area contributed by atoms with Crippen LogP contribution in [0.25, 0.3) is 0 Å². The number of nitrogens with two attached hydrogens (primary N) is 2. The molecule has 0 aliphatic heterocycles. The van der Waals surface area contributed by atoms with Gasteiger partial charge in [0.2, 0.25) is 5.91 Å². The van der Waals surface area contributed by atoms with Gasteiger partial charge in [-0.3, -0.25) is 4.79 Å². The lowest BCUT2D eigenvalue weighted by atomic mass is 10.1. The summed E-state index contributed by atoms with van der Waals surface area (Å²) in [7, 11) is 0. The summed E-state index contributed by atoms with van der Waals surface area (Å²) in [4.78, 5) is 11.9. The van der Waals surface area contributed by atoms with Crippen LogP contribution in [0.3, 0.4) is 0 Å². The highest BCUT2D eigenvalue weighted by atomic mass is 35.5. The molecule has 0 aliphatic carbocycles. The molecule has 1 unspecified atom stereocenters. The molecule has 0 heterocycles. The second kappa shape index (κ2) is 5.75. The Morgan fingerprint density at radius 3 is 2.40 bits per heavy atom. The summed E-state index contributed by atoms with van der Waals surface area (Å²) >= 11 is 5.73. The molecule has 0 aliphatic rings. The lowest BCUT2D eigenvalue weighted by Crippen LogP contribution is -2.47. The predicted molar refractivity (Wildman–Crippen MR) is 81.2 cm³/mol. The van der Waals surface area contributed by atoms with Crippen molar-refractivity contribution in [2.45, 2.75) is 39.3 Å². The molecule has 112 valence electrons. The first-order chi connectivity index (χ1) is 9.03. The van der Waals surface area contributed by atoms with Crippen LogP contribution in [0.4, 0.5) is 21.5 Å². The molecular formula is C13H20ClFN4O. The lowest BCUT2D eigenvalue weighted by Gasteiger charge is -2.24. The molecule has 0 saturated heterocycles. The fourth-order valence-corrected chi connectivity index (χ4v) is 1.72.